The molecule has 2 heterocycles. The van der Waals surface area contributed by atoms with Crippen LogP contribution in [0.3, 0.4) is 0 Å². The van der Waals surface area contributed by atoms with Gasteiger partial charge in [0.15, 0.2) is 0 Å². The lowest BCUT2D eigenvalue weighted by molar-refractivity contribution is -0.139. The Morgan fingerprint density at radius 3 is 2.50 bits per heavy atom. The van der Waals surface area contributed by atoms with Crippen molar-refractivity contribution in [1.82, 2.24) is 9.80 Å². The summed E-state index contributed by atoms with van der Waals surface area (Å²) in [4.78, 5) is 28.1. The van der Waals surface area contributed by atoms with Crippen LogP contribution in [0.15, 0.2) is 0 Å². The average molecular weight is 281 g/mol. The molecule has 2 rings (SSSR count). The van der Waals surface area contributed by atoms with E-state index in [1.54, 1.807) is 0 Å². The number of carbonyl (C=O) groups excluding carboxylic acids is 2. The van der Waals surface area contributed by atoms with Crippen molar-refractivity contribution in [3.05, 3.63) is 0 Å². The maximum atomic E-state index is 12.4. The first kappa shape index (κ1) is 15.3. The molecule has 0 bridgehead atoms. The van der Waals surface area contributed by atoms with Crippen LogP contribution in [0.4, 0.5) is 0 Å². The summed E-state index contributed by atoms with van der Waals surface area (Å²) in [5.74, 6) is 0.343. The molecule has 2 fully saturated rings. The molecule has 0 aliphatic carbocycles. The third-order valence-corrected chi connectivity index (χ3v) is 4.56. The van der Waals surface area contributed by atoms with Crippen molar-refractivity contribution < 1.29 is 9.59 Å². The minimum atomic E-state index is -0.745. The molecular formula is C15H27N3O2. The number of carbonyl (C=O) groups is 2. The molecule has 0 spiro atoms. The van der Waals surface area contributed by atoms with E-state index in [-0.39, 0.29) is 11.8 Å². The topological polar surface area (TPSA) is 66.6 Å². The van der Waals surface area contributed by atoms with E-state index in [0.29, 0.717) is 12.5 Å². The number of hydrogen-bond donors (Lipinski definition) is 1. The summed E-state index contributed by atoms with van der Waals surface area (Å²) < 4.78 is 0. The van der Waals surface area contributed by atoms with E-state index >= 15 is 0 Å². The molecule has 0 radical (unpaired) electrons. The first-order chi connectivity index (χ1) is 9.45. The molecule has 20 heavy (non-hydrogen) atoms. The van der Waals surface area contributed by atoms with Gasteiger partial charge in [-0.25, -0.2) is 0 Å². The Bertz CT molecular complexity index is 373. The molecule has 114 valence electrons. The Balaban J connectivity index is 1.88. The highest BCUT2D eigenvalue weighted by Crippen LogP contribution is 2.24. The van der Waals surface area contributed by atoms with Gasteiger partial charge < -0.3 is 15.5 Å². The summed E-state index contributed by atoms with van der Waals surface area (Å²) >= 11 is 0. The van der Waals surface area contributed by atoms with Gasteiger partial charge in [0.25, 0.3) is 0 Å². The smallest absolute Gasteiger partial charge is 0.242 e. The summed E-state index contributed by atoms with van der Waals surface area (Å²) in [5.41, 5.74) is 5.38. The van der Waals surface area contributed by atoms with Crippen molar-refractivity contribution in [3.8, 4) is 0 Å². The number of nitrogens with zero attached hydrogens (tertiary/aromatic N) is 2. The summed E-state index contributed by atoms with van der Waals surface area (Å²) in [6.45, 7) is 6.22. The van der Waals surface area contributed by atoms with Crippen LogP contribution in [-0.2, 0) is 9.59 Å². The van der Waals surface area contributed by atoms with Crippen LogP contribution in [0.1, 0.15) is 52.4 Å². The molecule has 0 aromatic rings. The Kier molecular flexibility index (Phi) is 4.68. The van der Waals surface area contributed by atoms with Gasteiger partial charge in [0.05, 0.1) is 5.54 Å². The quantitative estimate of drug-likeness (QED) is 0.839. The zero-order valence-corrected chi connectivity index (χ0v) is 12.7. The molecule has 5 nitrogen and oxygen atoms in total. The molecule has 1 atom stereocenters. The lowest BCUT2D eigenvalue weighted by atomic mass is 9.93. The average Bonchev–Trinajstić information content (AvgIpc) is 2.84. The van der Waals surface area contributed by atoms with Crippen molar-refractivity contribution in [2.24, 2.45) is 5.73 Å². The molecule has 2 aliphatic rings. The molecule has 0 saturated carbocycles. The molecular weight excluding hydrogens is 254 g/mol. The van der Waals surface area contributed by atoms with Crippen molar-refractivity contribution >= 4 is 11.8 Å². The Morgan fingerprint density at radius 1 is 1.35 bits per heavy atom. The molecule has 2 N–H and O–H groups in total. The fourth-order valence-electron chi connectivity index (χ4n) is 3.42. The zero-order chi connectivity index (χ0) is 14.8. The SMILES string of the molecule is CCCC(C)(N)C(=O)N1CCC(N2CCCC2=O)CC1. The summed E-state index contributed by atoms with van der Waals surface area (Å²) in [6, 6.07) is 0.323. The van der Waals surface area contributed by atoms with Crippen LogP contribution < -0.4 is 5.73 Å². The maximum absolute atomic E-state index is 12.4. The van der Waals surface area contributed by atoms with E-state index in [0.717, 1.165) is 51.7 Å². The molecule has 0 aromatic carbocycles. The van der Waals surface area contributed by atoms with Crippen LogP contribution in [0.5, 0.6) is 0 Å². The molecule has 2 saturated heterocycles. The van der Waals surface area contributed by atoms with E-state index in [1.165, 1.54) is 0 Å². The molecule has 1 unspecified atom stereocenters. The number of rotatable bonds is 4. The Hall–Kier alpha value is -1.10. The predicted molar refractivity (Wildman–Crippen MR) is 78.0 cm³/mol. The van der Waals surface area contributed by atoms with Gasteiger partial charge in [-0.3, -0.25) is 9.59 Å². The summed E-state index contributed by atoms with van der Waals surface area (Å²) in [5, 5.41) is 0. The van der Waals surface area contributed by atoms with E-state index in [1.807, 2.05) is 23.6 Å². The highest BCUT2D eigenvalue weighted by molar-refractivity contribution is 5.85. The van der Waals surface area contributed by atoms with Gasteiger partial charge in [0.1, 0.15) is 0 Å². The van der Waals surface area contributed by atoms with Crippen LogP contribution in [-0.4, -0.2) is 52.8 Å². The van der Waals surface area contributed by atoms with Crippen molar-refractivity contribution in [1.29, 1.82) is 0 Å². The second-order valence-electron chi connectivity index (χ2n) is 6.38. The fraction of sp³-hybridized carbons (Fsp3) is 0.867. The van der Waals surface area contributed by atoms with Gasteiger partial charge in [0.2, 0.25) is 11.8 Å². The zero-order valence-electron chi connectivity index (χ0n) is 12.7. The highest BCUT2D eigenvalue weighted by Gasteiger charge is 2.36. The number of likely N-dealkylation sites (tertiary alicyclic amines) is 2. The second-order valence-corrected chi connectivity index (χ2v) is 6.38. The summed E-state index contributed by atoms with van der Waals surface area (Å²) in [7, 11) is 0. The third kappa shape index (κ3) is 3.14. The first-order valence-electron chi connectivity index (χ1n) is 7.83. The Labute approximate surface area is 121 Å². The van der Waals surface area contributed by atoms with E-state index in [2.05, 4.69) is 0 Å². The van der Waals surface area contributed by atoms with Gasteiger partial charge >= 0.3 is 0 Å². The van der Waals surface area contributed by atoms with E-state index in [4.69, 9.17) is 5.73 Å². The lowest BCUT2D eigenvalue weighted by Gasteiger charge is -2.39. The predicted octanol–water partition coefficient (Wildman–Crippen LogP) is 1.12. The Morgan fingerprint density at radius 2 is 2.00 bits per heavy atom. The minimum Gasteiger partial charge on any atom is -0.341 e. The number of piperidine rings is 1. The minimum absolute atomic E-state index is 0.0607. The largest absolute Gasteiger partial charge is 0.341 e. The molecule has 5 heteroatoms. The number of amides is 2. The van der Waals surface area contributed by atoms with E-state index in [9.17, 15) is 9.59 Å². The first-order valence-corrected chi connectivity index (χ1v) is 7.83. The van der Waals surface area contributed by atoms with Gasteiger partial charge in [-0.1, -0.05) is 13.3 Å². The van der Waals surface area contributed by atoms with Crippen LogP contribution in [0, 0.1) is 0 Å². The maximum Gasteiger partial charge on any atom is 0.242 e. The molecule has 2 aliphatic heterocycles. The van der Waals surface area contributed by atoms with Crippen molar-refractivity contribution in [2.75, 3.05) is 19.6 Å². The monoisotopic (exact) mass is 281 g/mol. The fourth-order valence-corrected chi connectivity index (χ4v) is 3.42. The van der Waals surface area contributed by atoms with Crippen molar-refractivity contribution in [2.45, 2.75) is 64.0 Å². The van der Waals surface area contributed by atoms with Crippen LogP contribution >= 0.6 is 0 Å². The van der Waals surface area contributed by atoms with Crippen LogP contribution in [0.2, 0.25) is 0 Å². The van der Waals surface area contributed by atoms with Crippen molar-refractivity contribution in [3.63, 3.8) is 0 Å². The van der Waals surface area contributed by atoms with Crippen LogP contribution in [0.25, 0.3) is 0 Å². The molecule has 2 amide bonds. The van der Waals surface area contributed by atoms with Gasteiger partial charge in [-0.15, -0.1) is 0 Å². The second kappa shape index (κ2) is 6.12. The standard InChI is InChI=1S/C15H27N3O2/c1-3-8-15(2,16)14(20)17-10-6-12(7-11-17)18-9-4-5-13(18)19/h12H,3-11,16H2,1-2H3. The number of nitrogens with two attached hydrogens (primary N) is 1. The highest BCUT2D eigenvalue weighted by atomic mass is 16.2. The molecule has 0 aromatic heterocycles. The van der Waals surface area contributed by atoms with Gasteiger partial charge in [0, 0.05) is 32.1 Å². The van der Waals surface area contributed by atoms with Gasteiger partial charge in [-0.2, -0.15) is 0 Å². The van der Waals surface area contributed by atoms with E-state index < -0.39 is 5.54 Å². The number of hydrogen-bond acceptors (Lipinski definition) is 3. The lowest BCUT2D eigenvalue weighted by Crippen LogP contribution is -2.56. The summed E-state index contributed by atoms with van der Waals surface area (Å²) in [6.07, 6.45) is 5.08. The normalized spacial score (nSPS) is 24.1. The third-order valence-electron chi connectivity index (χ3n) is 4.56. The van der Waals surface area contributed by atoms with Gasteiger partial charge in [-0.05, 0) is 32.6 Å².